The Morgan fingerprint density at radius 3 is 2.08 bits per heavy atom. The Hall–Kier alpha value is -2.76. The van der Waals surface area contributed by atoms with E-state index in [1.807, 2.05) is 32.1 Å². The molecule has 0 saturated heterocycles. The Bertz CT molecular complexity index is 1120. The zero-order chi connectivity index (χ0) is 26.2. The summed E-state index contributed by atoms with van der Waals surface area (Å²) < 4.78 is 12.4. The van der Waals surface area contributed by atoms with Crippen molar-refractivity contribution < 1.29 is 18.8 Å². The van der Waals surface area contributed by atoms with Gasteiger partial charge in [0.1, 0.15) is 5.78 Å². The molecule has 2 aromatic carbocycles. The molecule has 0 spiro atoms. The van der Waals surface area contributed by atoms with Crippen LogP contribution < -0.4 is 10.4 Å². The molecular weight excluding hydrogens is 464 g/mol. The number of cyclic esters (lactones) is 1. The number of carbonyl (C=O) groups excluding carboxylic acids is 2. The van der Waals surface area contributed by atoms with E-state index in [4.69, 9.17) is 9.16 Å². The van der Waals surface area contributed by atoms with Gasteiger partial charge in [-0.3, -0.25) is 9.59 Å². The maximum absolute atomic E-state index is 13.4. The van der Waals surface area contributed by atoms with Crippen LogP contribution in [0.1, 0.15) is 53.9 Å². The number of Topliss-reactive ketones (excluding diaryl/α,β-unsaturated/α-hetero) is 1. The predicted octanol–water partition coefficient (Wildman–Crippen LogP) is 5.57. The minimum absolute atomic E-state index is 0.128. The van der Waals surface area contributed by atoms with Crippen LogP contribution in [0.5, 0.6) is 0 Å². The van der Waals surface area contributed by atoms with Gasteiger partial charge < -0.3 is 9.16 Å². The fraction of sp³-hybridized carbons (Fsp3) is 0.419. The second-order valence-electron chi connectivity index (χ2n) is 11.5. The van der Waals surface area contributed by atoms with Crippen LogP contribution in [0.2, 0.25) is 5.04 Å². The molecule has 1 aliphatic carbocycles. The maximum atomic E-state index is 13.4. The Balaban J connectivity index is 1.68. The van der Waals surface area contributed by atoms with Gasteiger partial charge in [-0.05, 0) is 53.6 Å². The van der Waals surface area contributed by atoms with E-state index < -0.39 is 19.1 Å². The van der Waals surface area contributed by atoms with Crippen LogP contribution in [-0.4, -0.2) is 26.7 Å². The van der Waals surface area contributed by atoms with Crippen LogP contribution in [0.4, 0.5) is 0 Å². The fourth-order valence-electron chi connectivity index (χ4n) is 6.34. The monoisotopic (exact) mass is 502 g/mol. The summed E-state index contributed by atoms with van der Waals surface area (Å²) in [6.45, 7) is 15.2. The van der Waals surface area contributed by atoms with E-state index in [1.54, 1.807) is 0 Å². The van der Waals surface area contributed by atoms with Gasteiger partial charge in [0.05, 0.1) is 17.1 Å². The Morgan fingerprint density at radius 1 is 1.03 bits per heavy atom. The second kappa shape index (κ2) is 9.60. The van der Waals surface area contributed by atoms with Gasteiger partial charge in [0.15, 0.2) is 0 Å². The van der Waals surface area contributed by atoms with Gasteiger partial charge in [-0.2, -0.15) is 0 Å². The minimum Gasteiger partial charge on any atom is -0.434 e. The molecule has 1 fully saturated rings. The van der Waals surface area contributed by atoms with Crippen molar-refractivity contribution >= 4 is 30.4 Å². The molecule has 3 atom stereocenters. The molecule has 4 rings (SSSR count). The van der Waals surface area contributed by atoms with Crippen molar-refractivity contribution in [3.63, 3.8) is 0 Å². The van der Waals surface area contributed by atoms with E-state index in [-0.39, 0.29) is 22.7 Å². The van der Waals surface area contributed by atoms with Crippen LogP contribution in [0.3, 0.4) is 0 Å². The van der Waals surface area contributed by atoms with Crippen LogP contribution in [0, 0.1) is 16.7 Å². The molecular formula is C31H38O4Si. The molecule has 0 N–H and O–H groups in total. The zero-order valence-electron chi connectivity index (χ0n) is 22.2. The SMILES string of the molecule is C=C[C@@H](CCO[Si](c1ccccc1)(c1ccccc1)C(C)(C)C)[C@@]1(C)C(=O)CC[C@]2(C)C(=O)OC=C21. The molecule has 0 radical (unpaired) electrons. The lowest BCUT2D eigenvalue weighted by molar-refractivity contribution is -0.146. The summed E-state index contributed by atoms with van der Waals surface area (Å²) in [4.78, 5) is 26.0. The average molecular weight is 503 g/mol. The van der Waals surface area contributed by atoms with Crippen molar-refractivity contribution in [3.05, 3.63) is 85.2 Å². The summed E-state index contributed by atoms with van der Waals surface area (Å²) in [7, 11) is -2.68. The molecule has 0 aromatic heterocycles. The van der Waals surface area contributed by atoms with Gasteiger partial charge in [0.25, 0.3) is 8.32 Å². The third-order valence-electron chi connectivity index (χ3n) is 8.51. The maximum Gasteiger partial charge on any atom is 0.320 e. The Morgan fingerprint density at radius 2 is 1.58 bits per heavy atom. The zero-order valence-corrected chi connectivity index (χ0v) is 23.2. The average Bonchev–Trinajstić information content (AvgIpc) is 3.17. The quantitative estimate of drug-likeness (QED) is 0.269. The van der Waals surface area contributed by atoms with E-state index in [0.29, 0.717) is 25.9 Å². The molecule has 1 saturated carbocycles. The molecule has 1 heterocycles. The standard InChI is InChI=1S/C31H38O4Si/c1-7-23(31(6)26-22-34-28(33)30(26,5)20-18-27(31)32)19-21-35-36(29(2,3)4,24-14-10-8-11-15-24)25-16-12-9-13-17-25/h7-17,22-23H,1,18-21H2,2-6H3/t23-,30-,31+/m0/s1. The highest BCUT2D eigenvalue weighted by Crippen LogP contribution is 2.56. The third-order valence-corrected chi connectivity index (χ3v) is 13.6. The molecule has 2 aromatic rings. The first kappa shape index (κ1) is 26.3. The molecule has 0 amide bonds. The van der Waals surface area contributed by atoms with Crippen molar-refractivity contribution in [1.29, 1.82) is 0 Å². The summed E-state index contributed by atoms with van der Waals surface area (Å²) in [5.74, 6) is -0.300. The first-order valence-electron chi connectivity index (χ1n) is 12.8. The summed E-state index contributed by atoms with van der Waals surface area (Å²) in [5.41, 5.74) is -0.801. The van der Waals surface area contributed by atoms with Crippen molar-refractivity contribution in [2.75, 3.05) is 6.61 Å². The number of esters is 1. The number of ketones is 1. The minimum atomic E-state index is -2.68. The van der Waals surface area contributed by atoms with E-state index in [0.717, 1.165) is 5.57 Å². The van der Waals surface area contributed by atoms with Crippen LogP contribution in [-0.2, 0) is 18.8 Å². The number of allylic oxidation sites excluding steroid dienone is 1. The first-order chi connectivity index (χ1) is 17.0. The summed E-state index contributed by atoms with van der Waals surface area (Å²) in [6, 6.07) is 21.1. The van der Waals surface area contributed by atoms with Crippen LogP contribution in [0.15, 0.2) is 85.2 Å². The number of rotatable bonds is 8. The highest BCUT2D eigenvalue weighted by Gasteiger charge is 2.59. The number of hydrogen-bond acceptors (Lipinski definition) is 4. The molecule has 0 bridgehead atoms. The topological polar surface area (TPSA) is 52.6 Å². The Labute approximate surface area is 216 Å². The van der Waals surface area contributed by atoms with Crippen molar-refractivity contribution in [1.82, 2.24) is 0 Å². The Kier molecular flexibility index (Phi) is 7.02. The first-order valence-corrected chi connectivity index (χ1v) is 14.8. The van der Waals surface area contributed by atoms with Gasteiger partial charge in [-0.1, -0.05) is 87.5 Å². The van der Waals surface area contributed by atoms with E-state index in [2.05, 4.69) is 75.9 Å². The van der Waals surface area contributed by atoms with Gasteiger partial charge in [-0.25, -0.2) is 0 Å². The number of ether oxygens (including phenoxy) is 1. The molecule has 1 aliphatic heterocycles. The second-order valence-corrected chi connectivity index (χ2v) is 15.8. The van der Waals surface area contributed by atoms with Crippen LogP contribution in [0.25, 0.3) is 0 Å². The predicted molar refractivity (Wildman–Crippen MR) is 147 cm³/mol. The summed E-state index contributed by atoms with van der Waals surface area (Å²) in [6.07, 6.45) is 4.87. The lowest BCUT2D eigenvalue weighted by Gasteiger charge is -2.46. The highest BCUT2D eigenvalue weighted by molar-refractivity contribution is 6.99. The molecule has 2 aliphatic rings. The van der Waals surface area contributed by atoms with E-state index >= 15 is 0 Å². The van der Waals surface area contributed by atoms with Crippen LogP contribution >= 0.6 is 0 Å². The van der Waals surface area contributed by atoms with Crippen molar-refractivity contribution in [3.8, 4) is 0 Å². The smallest absolute Gasteiger partial charge is 0.320 e. The largest absolute Gasteiger partial charge is 0.434 e. The molecule has 5 heteroatoms. The molecule has 0 unspecified atom stereocenters. The van der Waals surface area contributed by atoms with E-state index in [9.17, 15) is 9.59 Å². The molecule has 4 nitrogen and oxygen atoms in total. The number of benzene rings is 2. The third kappa shape index (κ3) is 4.02. The highest BCUT2D eigenvalue weighted by atomic mass is 28.4. The fourth-order valence-corrected chi connectivity index (χ4v) is 10.9. The van der Waals surface area contributed by atoms with Crippen molar-refractivity contribution in [2.24, 2.45) is 16.7 Å². The lowest BCUT2D eigenvalue weighted by Crippen LogP contribution is -2.66. The number of carbonyl (C=O) groups is 2. The van der Waals surface area contributed by atoms with Gasteiger partial charge in [0, 0.05) is 13.0 Å². The van der Waals surface area contributed by atoms with Gasteiger partial charge in [0.2, 0.25) is 0 Å². The van der Waals surface area contributed by atoms with Gasteiger partial charge >= 0.3 is 5.97 Å². The number of hydrogen-bond donors (Lipinski definition) is 0. The summed E-state index contributed by atoms with van der Waals surface area (Å²) >= 11 is 0. The molecule has 190 valence electrons. The summed E-state index contributed by atoms with van der Waals surface area (Å²) in [5, 5.41) is 2.32. The normalized spacial score (nSPS) is 25.1. The van der Waals surface area contributed by atoms with Gasteiger partial charge in [-0.15, -0.1) is 6.58 Å². The lowest BCUT2D eigenvalue weighted by atomic mass is 9.55. The molecule has 36 heavy (non-hydrogen) atoms. The van der Waals surface area contributed by atoms with E-state index in [1.165, 1.54) is 16.6 Å². The number of fused-ring (bicyclic) bond motifs is 1. The van der Waals surface area contributed by atoms with Crippen molar-refractivity contribution in [2.45, 2.75) is 58.9 Å².